The lowest BCUT2D eigenvalue weighted by Crippen LogP contribution is -2.32. The second kappa shape index (κ2) is 7.20. The number of sulfonamides is 1. The number of ether oxygens (including phenoxy) is 1. The normalized spacial score (nSPS) is 22.4. The first-order chi connectivity index (χ1) is 10.0. The van der Waals surface area contributed by atoms with Crippen LogP contribution in [0.25, 0.3) is 0 Å². The van der Waals surface area contributed by atoms with Gasteiger partial charge in [0.15, 0.2) is 0 Å². The summed E-state index contributed by atoms with van der Waals surface area (Å²) in [6.45, 7) is 5.89. The SMILES string of the molecule is CCCNc1cc(S(=O)(=O)NCC2CCOC2C)ccn1. The molecule has 2 rings (SSSR count). The molecule has 0 amide bonds. The molecule has 21 heavy (non-hydrogen) atoms. The molecule has 1 aromatic rings. The summed E-state index contributed by atoms with van der Waals surface area (Å²) in [6, 6.07) is 3.07. The average molecular weight is 313 g/mol. The predicted molar refractivity (Wildman–Crippen MR) is 81.7 cm³/mol. The maximum atomic E-state index is 12.3. The van der Waals surface area contributed by atoms with E-state index >= 15 is 0 Å². The Balaban J connectivity index is 2.01. The molecule has 2 atom stereocenters. The van der Waals surface area contributed by atoms with E-state index in [1.807, 2.05) is 13.8 Å². The third-order valence-corrected chi connectivity index (χ3v) is 5.09. The van der Waals surface area contributed by atoms with Crippen LogP contribution in [0.4, 0.5) is 5.82 Å². The Morgan fingerprint density at radius 2 is 2.29 bits per heavy atom. The summed E-state index contributed by atoms with van der Waals surface area (Å²) in [5.74, 6) is 0.816. The first-order valence-corrected chi connectivity index (χ1v) is 8.82. The molecule has 118 valence electrons. The maximum absolute atomic E-state index is 12.3. The van der Waals surface area contributed by atoms with Crippen LogP contribution in [-0.4, -0.2) is 39.2 Å². The standard InChI is InChI=1S/C14H23N3O3S/c1-3-6-15-14-9-13(4-7-16-14)21(18,19)17-10-12-5-8-20-11(12)2/h4,7,9,11-12,17H,3,5-6,8,10H2,1-2H3,(H,15,16). The molecule has 0 radical (unpaired) electrons. The van der Waals surface area contributed by atoms with Crippen molar-refractivity contribution in [2.75, 3.05) is 25.0 Å². The Hall–Kier alpha value is -1.18. The van der Waals surface area contributed by atoms with Crippen LogP contribution < -0.4 is 10.0 Å². The minimum atomic E-state index is -3.50. The zero-order valence-electron chi connectivity index (χ0n) is 12.5. The number of rotatable bonds is 7. The molecule has 2 N–H and O–H groups in total. The molecule has 1 aliphatic rings. The molecular weight excluding hydrogens is 290 g/mol. The maximum Gasteiger partial charge on any atom is 0.240 e. The second-order valence-corrected chi connectivity index (χ2v) is 7.05. The summed E-state index contributed by atoms with van der Waals surface area (Å²) in [5.41, 5.74) is 0. The van der Waals surface area contributed by atoms with Gasteiger partial charge < -0.3 is 10.1 Å². The van der Waals surface area contributed by atoms with E-state index in [2.05, 4.69) is 15.0 Å². The highest BCUT2D eigenvalue weighted by molar-refractivity contribution is 7.89. The van der Waals surface area contributed by atoms with Crippen molar-refractivity contribution in [1.29, 1.82) is 0 Å². The number of nitrogens with one attached hydrogen (secondary N) is 2. The molecule has 1 aliphatic heterocycles. The first-order valence-electron chi connectivity index (χ1n) is 7.34. The van der Waals surface area contributed by atoms with Crippen molar-refractivity contribution < 1.29 is 13.2 Å². The Morgan fingerprint density at radius 1 is 1.48 bits per heavy atom. The molecule has 1 fully saturated rings. The van der Waals surface area contributed by atoms with Gasteiger partial charge >= 0.3 is 0 Å². The monoisotopic (exact) mass is 313 g/mol. The van der Waals surface area contributed by atoms with Gasteiger partial charge in [0.05, 0.1) is 11.0 Å². The fraction of sp³-hybridized carbons (Fsp3) is 0.643. The van der Waals surface area contributed by atoms with E-state index in [1.54, 1.807) is 6.07 Å². The largest absolute Gasteiger partial charge is 0.378 e. The third-order valence-electron chi connectivity index (χ3n) is 3.67. The van der Waals surface area contributed by atoms with Gasteiger partial charge in [0.2, 0.25) is 10.0 Å². The molecule has 7 heteroatoms. The summed E-state index contributed by atoms with van der Waals surface area (Å²) in [4.78, 5) is 4.36. The molecule has 0 aliphatic carbocycles. The van der Waals surface area contributed by atoms with Crippen LogP contribution in [0, 0.1) is 5.92 Å². The zero-order chi connectivity index (χ0) is 15.3. The lowest BCUT2D eigenvalue weighted by atomic mass is 10.0. The van der Waals surface area contributed by atoms with E-state index in [-0.39, 0.29) is 16.9 Å². The fourth-order valence-electron chi connectivity index (χ4n) is 2.27. The molecule has 0 aromatic carbocycles. The molecule has 6 nitrogen and oxygen atoms in total. The Bertz CT molecular complexity index is 562. The van der Waals surface area contributed by atoms with Gasteiger partial charge in [0, 0.05) is 37.9 Å². The van der Waals surface area contributed by atoms with E-state index < -0.39 is 10.0 Å². The van der Waals surface area contributed by atoms with E-state index in [9.17, 15) is 8.42 Å². The lowest BCUT2D eigenvalue weighted by Gasteiger charge is -2.15. The second-order valence-electron chi connectivity index (χ2n) is 5.28. The van der Waals surface area contributed by atoms with Crippen LogP contribution >= 0.6 is 0 Å². The summed E-state index contributed by atoms with van der Waals surface area (Å²) >= 11 is 0. The summed E-state index contributed by atoms with van der Waals surface area (Å²) in [7, 11) is -3.50. The number of anilines is 1. The Kier molecular flexibility index (Phi) is 5.55. The highest BCUT2D eigenvalue weighted by Gasteiger charge is 2.26. The summed E-state index contributed by atoms with van der Waals surface area (Å²) < 4.78 is 32.7. The third kappa shape index (κ3) is 4.39. The van der Waals surface area contributed by atoms with Crippen LogP contribution in [0.3, 0.4) is 0 Å². The molecule has 0 bridgehead atoms. The van der Waals surface area contributed by atoms with Crippen LogP contribution in [0.2, 0.25) is 0 Å². The van der Waals surface area contributed by atoms with Crippen molar-refractivity contribution >= 4 is 15.8 Å². The molecule has 2 heterocycles. The minimum Gasteiger partial charge on any atom is -0.378 e. The summed E-state index contributed by atoms with van der Waals surface area (Å²) in [6.07, 6.45) is 3.46. The number of nitrogens with zero attached hydrogens (tertiary/aromatic N) is 1. The van der Waals surface area contributed by atoms with E-state index in [0.29, 0.717) is 19.0 Å². The van der Waals surface area contributed by atoms with Gasteiger partial charge in [-0.15, -0.1) is 0 Å². The van der Waals surface area contributed by atoms with Gasteiger partial charge in [-0.25, -0.2) is 18.1 Å². The molecule has 2 unspecified atom stereocenters. The number of aromatic nitrogens is 1. The molecular formula is C14H23N3O3S. The van der Waals surface area contributed by atoms with E-state index in [0.717, 1.165) is 19.4 Å². The van der Waals surface area contributed by atoms with Crippen LogP contribution in [0.1, 0.15) is 26.7 Å². The molecule has 0 saturated carbocycles. The van der Waals surface area contributed by atoms with Gasteiger partial charge in [-0.05, 0) is 25.8 Å². The van der Waals surface area contributed by atoms with Crippen LogP contribution in [0.15, 0.2) is 23.2 Å². The van der Waals surface area contributed by atoms with Gasteiger partial charge in [-0.2, -0.15) is 0 Å². The molecule has 0 spiro atoms. The van der Waals surface area contributed by atoms with E-state index in [4.69, 9.17) is 4.74 Å². The van der Waals surface area contributed by atoms with Gasteiger partial charge in [-0.3, -0.25) is 0 Å². The zero-order valence-corrected chi connectivity index (χ0v) is 13.3. The van der Waals surface area contributed by atoms with Crippen LogP contribution in [0.5, 0.6) is 0 Å². The van der Waals surface area contributed by atoms with Gasteiger partial charge in [0.1, 0.15) is 5.82 Å². The predicted octanol–water partition coefficient (Wildman–Crippen LogP) is 1.61. The first kappa shape index (κ1) is 16.2. The highest BCUT2D eigenvalue weighted by Crippen LogP contribution is 2.20. The quantitative estimate of drug-likeness (QED) is 0.799. The molecule has 1 aromatic heterocycles. The van der Waals surface area contributed by atoms with Crippen molar-refractivity contribution in [3.8, 4) is 0 Å². The lowest BCUT2D eigenvalue weighted by molar-refractivity contribution is 0.107. The smallest absolute Gasteiger partial charge is 0.240 e. The minimum absolute atomic E-state index is 0.104. The summed E-state index contributed by atoms with van der Waals surface area (Å²) in [5, 5.41) is 3.09. The van der Waals surface area contributed by atoms with E-state index in [1.165, 1.54) is 12.3 Å². The average Bonchev–Trinajstić information content (AvgIpc) is 2.89. The Labute approximate surface area is 126 Å². The van der Waals surface area contributed by atoms with Gasteiger partial charge in [0.25, 0.3) is 0 Å². The van der Waals surface area contributed by atoms with Crippen molar-refractivity contribution in [1.82, 2.24) is 9.71 Å². The highest BCUT2D eigenvalue weighted by atomic mass is 32.2. The van der Waals surface area contributed by atoms with Crippen molar-refractivity contribution in [2.45, 2.75) is 37.7 Å². The number of pyridine rings is 1. The molecule has 1 saturated heterocycles. The topological polar surface area (TPSA) is 80.3 Å². The number of hydrogen-bond donors (Lipinski definition) is 2. The Morgan fingerprint density at radius 3 is 2.95 bits per heavy atom. The van der Waals surface area contributed by atoms with Crippen molar-refractivity contribution in [3.05, 3.63) is 18.3 Å². The van der Waals surface area contributed by atoms with Crippen LogP contribution in [-0.2, 0) is 14.8 Å². The van der Waals surface area contributed by atoms with Crippen molar-refractivity contribution in [2.24, 2.45) is 5.92 Å². The van der Waals surface area contributed by atoms with Crippen molar-refractivity contribution in [3.63, 3.8) is 0 Å². The fourth-order valence-corrected chi connectivity index (χ4v) is 3.38. The number of hydrogen-bond acceptors (Lipinski definition) is 5. The van der Waals surface area contributed by atoms with Gasteiger partial charge in [-0.1, -0.05) is 6.92 Å².